The van der Waals surface area contributed by atoms with E-state index in [-0.39, 0.29) is 0 Å². The number of hydrogen-bond donors (Lipinski definition) is 1. The summed E-state index contributed by atoms with van der Waals surface area (Å²) in [5, 5.41) is 0. The lowest BCUT2D eigenvalue weighted by Crippen LogP contribution is -2.13. The maximum absolute atomic E-state index is 5.67. The zero-order chi connectivity index (χ0) is 11.5. The van der Waals surface area contributed by atoms with Gasteiger partial charge in [-0.05, 0) is 39.5 Å². The second-order valence-corrected chi connectivity index (χ2v) is 4.22. The standard InChI is InChI=1S/C14H25N/c1-13(2)11-9-7-5-4-6-8-10-12-14(3)15/h4-5,9,11,14H,1,6-8,10,12,15H2,2-3H3/b5-4-,11-9+. The molecule has 86 valence electrons. The van der Waals surface area contributed by atoms with Gasteiger partial charge in [-0.25, -0.2) is 0 Å². The molecule has 0 saturated heterocycles. The Balaban J connectivity index is 3.28. The fourth-order valence-electron chi connectivity index (χ4n) is 1.29. The highest BCUT2D eigenvalue weighted by Crippen LogP contribution is 2.03. The average Bonchev–Trinajstić information content (AvgIpc) is 2.14. The van der Waals surface area contributed by atoms with Gasteiger partial charge in [0.15, 0.2) is 0 Å². The van der Waals surface area contributed by atoms with Gasteiger partial charge in [0, 0.05) is 6.04 Å². The molecule has 0 heterocycles. The zero-order valence-corrected chi connectivity index (χ0v) is 10.2. The van der Waals surface area contributed by atoms with E-state index in [9.17, 15) is 0 Å². The summed E-state index contributed by atoms with van der Waals surface area (Å²) in [4.78, 5) is 0. The topological polar surface area (TPSA) is 26.0 Å². The maximum Gasteiger partial charge on any atom is 0.00104 e. The first-order valence-corrected chi connectivity index (χ1v) is 5.85. The van der Waals surface area contributed by atoms with Crippen LogP contribution in [0, 0.1) is 0 Å². The van der Waals surface area contributed by atoms with Crippen molar-refractivity contribution in [1.29, 1.82) is 0 Å². The smallest absolute Gasteiger partial charge is 0.00104 e. The number of allylic oxidation sites excluding steroid dienone is 5. The lowest BCUT2D eigenvalue weighted by atomic mass is 10.1. The van der Waals surface area contributed by atoms with Crippen LogP contribution in [0.1, 0.15) is 46.0 Å². The van der Waals surface area contributed by atoms with Gasteiger partial charge in [0.05, 0.1) is 0 Å². The summed E-state index contributed by atoms with van der Waals surface area (Å²) in [6, 6.07) is 0.354. The minimum absolute atomic E-state index is 0.354. The molecule has 0 aliphatic rings. The van der Waals surface area contributed by atoms with Gasteiger partial charge in [-0.3, -0.25) is 0 Å². The van der Waals surface area contributed by atoms with Crippen LogP contribution in [0.25, 0.3) is 0 Å². The van der Waals surface area contributed by atoms with Crippen LogP contribution in [-0.2, 0) is 0 Å². The van der Waals surface area contributed by atoms with Crippen molar-refractivity contribution in [3.8, 4) is 0 Å². The van der Waals surface area contributed by atoms with E-state index in [0.717, 1.165) is 18.4 Å². The van der Waals surface area contributed by atoms with E-state index in [1.807, 2.05) is 6.92 Å². The van der Waals surface area contributed by atoms with Gasteiger partial charge in [0.2, 0.25) is 0 Å². The average molecular weight is 207 g/mol. The van der Waals surface area contributed by atoms with Crippen molar-refractivity contribution in [1.82, 2.24) is 0 Å². The maximum atomic E-state index is 5.67. The number of unbranched alkanes of at least 4 members (excludes halogenated alkanes) is 2. The second-order valence-electron chi connectivity index (χ2n) is 4.22. The summed E-state index contributed by atoms with van der Waals surface area (Å²) >= 11 is 0. The van der Waals surface area contributed by atoms with Crippen molar-refractivity contribution in [2.75, 3.05) is 0 Å². The van der Waals surface area contributed by atoms with E-state index < -0.39 is 0 Å². The van der Waals surface area contributed by atoms with Crippen molar-refractivity contribution in [3.63, 3.8) is 0 Å². The van der Waals surface area contributed by atoms with Gasteiger partial charge < -0.3 is 5.73 Å². The first-order chi connectivity index (χ1) is 7.13. The summed E-state index contributed by atoms with van der Waals surface area (Å²) in [6.07, 6.45) is 14.5. The molecule has 0 amide bonds. The Morgan fingerprint density at radius 1 is 1.27 bits per heavy atom. The number of nitrogens with two attached hydrogens (primary N) is 1. The lowest BCUT2D eigenvalue weighted by Gasteiger charge is -2.01. The molecule has 0 fully saturated rings. The highest BCUT2D eigenvalue weighted by Gasteiger charge is 1.91. The molecule has 0 aromatic heterocycles. The first kappa shape index (κ1) is 14.2. The highest BCUT2D eigenvalue weighted by molar-refractivity contribution is 5.11. The monoisotopic (exact) mass is 207 g/mol. The van der Waals surface area contributed by atoms with Crippen molar-refractivity contribution in [2.24, 2.45) is 5.73 Å². The molecular weight excluding hydrogens is 182 g/mol. The molecule has 0 aliphatic carbocycles. The molecule has 1 unspecified atom stereocenters. The SMILES string of the molecule is C=C(C)/C=C/C/C=C\CCCCC(C)N. The van der Waals surface area contributed by atoms with E-state index >= 15 is 0 Å². The van der Waals surface area contributed by atoms with Crippen molar-refractivity contribution >= 4 is 0 Å². The van der Waals surface area contributed by atoms with E-state index in [1.54, 1.807) is 0 Å². The van der Waals surface area contributed by atoms with E-state index in [4.69, 9.17) is 5.73 Å². The Morgan fingerprint density at radius 2 is 2.00 bits per heavy atom. The van der Waals surface area contributed by atoms with Crippen LogP contribution in [-0.4, -0.2) is 6.04 Å². The lowest BCUT2D eigenvalue weighted by molar-refractivity contribution is 0.601. The molecule has 0 saturated carbocycles. The summed E-state index contributed by atoms with van der Waals surface area (Å²) in [5.41, 5.74) is 6.78. The van der Waals surface area contributed by atoms with E-state index in [2.05, 4.69) is 37.8 Å². The Kier molecular flexibility index (Phi) is 9.19. The van der Waals surface area contributed by atoms with Crippen molar-refractivity contribution in [2.45, 2.75) is 52.0 Å². The summed E-state index contributed by atoms with van der Waals surface area (Å²) < 4.78 is 0. The Bertz CT molecular complexity index is 211. The van der Waals surface area contributed by atoms with Gasteiger partial charge in [0.1, 0.15) is 0 Å². The van der Waals surface area contributed by atoms with Crippen LogP contribution >= 0.6 is 0 Å². The van der Waals surface area contributed by atoms with Crippen molar-refractivity contribution in [3.05, 3.63) is 36.5 Å². The molecule has 15 heavy (non-hydrogen) atoms. The Morgan fingerprint density at radius 3 is 2.60 bits per heavy atom. The quantitative estimate of drug-likeness (QED) is 0.364. The molecule has 0 spiro atoms. The minimum Gasteiger partial charge on any atom is -0.328 e. The van der Waals surface area contributed by atoms with Crippen LogP contribution < -0.4 is 5.73 Å². The molecule has 1 atom stereocenters. The summed E-state index contributed by atoms with van der Waals surface area (Å²) in [6.45, 7) is 7.88. The Hall–Kier alpha value is -0.820. The summed E-state index contributed by atoms with van der Waals surface area (Å²) in [7, 11) is 0. The van der Waals surface area contributed by atoms with Gasteiger partial charge >= 0.3 is 0 Å². The predicted molar refractivity (Wildman–Crippen MR) is 69.8 cm³/mol. The molecule has 2 N–H and O–H groups in total. The minimum atomic E-state index is 0.354. The Labute approximate surface area is 94.8 Å². The first-order valence-electron chi connectivity index (χ1n) is 5.85. The van der Waals surface area contributed by atoms with Crippen molar-refractivity contribution < 1.29 is 0 Å². The molecule has 1 heteroatoms. The molecule has 0 rings (SSSR count). The fraction of sp³-hybridized carbons (Fsp3) is 0.571. The zero-order valence-electron chi connectivity index (χ0n) is 10.2. The predicted octanol–water partition coefficient (Wildman–Crippen LogP) is 3.97. The van der Waals surface area contributed by atoms with Crippen LogP contribution in [0.5, 0.6) is 0 Å². The van der Waals surface area contributed by atoms with Crippen LogP contribution in [0.4, 0.5) is 0 Å². The van der Waals surface area contributed by atoms with Gasteiger partial charge in [-0.1, -0.05) is 42.9 Å². The molecule has 0 bridgehead atoms. The second kappa shape index (κ2) is 9.72. The number of rotatable bonds is 8. The third-order valence-corrected chi connectivity index (χ3v) is 2.12. The molecular formula is C14H25N. The van der Waals surface area contributed by atoms with Crippen LogP contribution in [0.3, 0.4) is 0 Å². The molecule has 0 radical (unpaired) electrons. The third-order valence-electron chi connectivity index (χ3n) is 2.12. The fourth-order valence-corrected chi connectivity index (χ4v) is 1.29. The third kappa shape index (κ3) is 13.2. The normalized spacial score (nSPS) is 13.8. The van der Waals surface area contributed by atoms with Crippen LogP contribution in [0.15, 0.2) is 36.5 Å². The molecule has 0 aromatic carbocycles. The van der Waals surface area contributed by atoms with Gasteiger partial charge in [-0.2, -0.15) is 0 Å². The molecule has 0 aliphatic heterocycles. The van der Waals surface area contributed by atoms with Crippen LogP contribution in [0.2, 0.25) is 0 Å². The largest absolute Gasteiger partial charge is 0.328 e. The van der Waals surface area contributed by atoms with E-state index in [0.29, 0.717) is 6.04 Å². The highest BCUT2D eigenvalue weighted by atomic mass is 14.6. The molecule has 0 aromatic rings. The summed E-state index contributed by atoms with van der Waals surface area (Å²) in [5.74, 6) is 0. The molecule has 1 nitrogen and oxygen atoms in total. The van der Waals surface area contributed by atoms with Gasteiger partial charge in [0.25, 0.3) is 0 Å². The van der Waals surface area contributed by atoms with Gasteiger partial charge in [-0.15, -0.1) is 0 Å². The van der Waals surface area contributed by atoms with E-state index in [1.165, 1.54) is 19.3 Å². The number of hydrogen-bond acceptors (Lipinski definition) is 1.